The van der Waals surface area contributed by atoms with E-state index in [4.69, 9.17) is 4.42 Å². The zero-order valence-electron chi connectivity index (χ0n) is 11.8. The SMILES string of the molecule is c1coc(CNCC2CCCN(Cc3cccs3)C2)c1. The lowest BCUT2D eigenvalue weighted by molar-refractivity contribution is 0.166. The first-order valence-corrected chi connectivity index (χ1v) is 8.26. The average molecular weight is 290 g/mol. The molecule has 3 heterocycles. The molecule has 1 aliphatic heterocycles. The summed E-state index contributed by atoms with van der Waals surface area (Å²) < 4.78 is 5.34. The highest BCUT2D eigenvalue weighted by molar-refractivity contribution is 7.09. The zero-order valence-corrected chi connectivity index (χ0v) is 12.6. The molecule has 1 saturated heterocycles. The molecule has 3 rings (SSSR count). The van der Waals surface area contributed by atoms with Crippen LogP contribution in [0.2, 0.25) is 0 Å². The monoisotopic (exact) mass is 290 g/mol. The van der Waals surface area contributed by atoms with Crippen LogP contribution in [-0.4, -0.2) is 24.5 Å². The average Bonchev–Trinajstić information content (AvgIpc) is 3.13. The van der Waals surface area contributed by atoms with Crippen molar-refractivity contribution in [2.24, 2.45) is 5.92 Å². The van der Waals surface area contributed by atoms with Gasteiger partial charge in [0.25, 0.3) is 0 Å². The summed E-state index contributed by atoms with van der Waals surface area (Å²) in [6, 6.07) is 8.35. The van der Waals surface area contributed by atoms with Gasteiger partial charge in [-0.3, -0.25) is 4.90 Å². The number of piperidine rings is 1. The van der Waals surface area contributed by atoms with Crippen LogP contribution in [0.3, 0.4) is 0 Å². The fourth-order valence-corrected chi connectivity index (χ4v) is 3.64. The quantitative estimate of drug-likeness (QED) is 0.884. The van der Waals surface area contributed by atoms with Gasteiger partial charge in [-0.25, -0.2) is 0 Å². The number of rotatable bonds is 6. The number of furan rings is 1. The van der Waals surface area contributed by atoms with E-state index in [0.717, 1.165) is 31.3 Å². The molecule has 20 heavy (non-hydrogen) atoms. The van der Waals surface area contributed by atoms with Gasteiger partial charge in [-0.2, -0.15) is 0 Å². The van der Waals surface area contributed by atoms with Crippen molar-refractivity contribution in [2.75, 3.05) is 19.6 Å². The van der Waals surface area contributed by atoms with Gasteiger partial charge in [0, 0.05) is 18.0 Å². The van der Waals surface area contributed by atoms with Gasteiger partial charge in [0.1, 0.15) is 5.76 Å². The van der Waals surface area contributed by atoms with Crippen LogP contribution in [-0.2, 0) is 13.1 Å². The maximum atomic E-state index is 5.34. The van der Waals surface area contributed by atoms with Crippen LogP contribution in [0.15, 0.2) is 40.3 Å². The van der Waals surface area contributed by atoms with Crippen molar-refractivity contribution in [1.29, 1.82) is 0 Å². The van der Waals surface area contributed by atoms with E-state index in [1.165, 1.54) is 30.8 Å². The minimum atomic E-state index is 0.763. The van der Waals surface area contributed by atoms with Gasteiger partial charge in [-0.15, -0.1) is 11.3 Å². The van der Waals surface area contributed by atoms with Crippen LogP contribution in [0.4, 0.5) is 0 Å². The zero-order chi connectivity index (χ0) is 13.6. The highest BCUT2D eigenvalue weighted by Crippen LogP contribution is 2.20. The van der Waals surface area contributed by atoms with E-state index in [2.05, 4.69) is 27.7 Å². The third-order valence-corrected chi connectivity index (χ3v) is 4.74. The highest BCUT2D eigenvalue weighted by Gasteiger charge is 2.19. The molecule has 3 nitrogen and oxygen atoms in total. The Bertz CT molecular complexity index is 481. The molecular weight excluding hydrogens is 268 g/mol. The summed E-state index contributed by atoms with van der Waals surface area (Å²) >= 11 is 1.86. The minimum absolute atomic E-state index is 0.763. The van der Waals surface area contributed by atoms with Crippen LogP contribution < -0.4 is 5.32 Å². The number of hydrogen-bond donors (Lipinski definition) is 1. The molecular formula is C16H22N2OS. The van der Waals surface area contributed by atoms with Gasteiger partial charge in [0.05, 0.1) is 12.8 Å². The molecule has 0 aliphatic carbocycles. The molecule has 0 spiro atoms. The Kier molecular flexibility index (Phi) is 4.90. The van der Waals surface area contributed by atoms with Crippen LogP contribution in [0.1, 0.15) is 23.5 Å². The van der Waals surface area contributed by atoms with Crippen molar-refractivity contribution >= 4 is 11.3 Å². The molecule has 0 aromatic carbocycles. The number of nitrogens with zero attached hydrogens (tertiary/aromatic N) is 1. The Morgan fingerprint density at radius 1 is 1.35 bits per heavy atom. The molecule has 0 amide bonds. The fourth-order valence-electron chi connectivity index (χ4n) is 2.90. The van der Waals surface area contributed by atoms with E-state index in [1.54, 1.807) is 6.26 Å². The molecule has 1 unspecified atom stereocenters. The van der Waals surface area contributed by atoms with Gasteiger partial charge < -0.3 is 9.73 Å². The minimum Gasteiger partial charge on any atom is -0.468 e. The molecule has 1 aliphatic rings. The summed E-state index contributed by atoms with van der Waals surface area (Å²) in [7, 11) is 0. The Hall–Kier alpha value is -1.10. The van der Waals surface area contributed by atoms with E-state index in [-0.39, 0.29) is 0 Å². The van der Waals surface area contributed by atoms with E-state index in [0.29, 0.717) is 0 Å². The number of nitrogens with one attached hydrogen (secondary N) is 1. The van der Waals surface area contributed by atoms with Crippen LogP contribution in [0.5, 0.6) is 0 Å². The van der Waals surface area contributed by atoms with Crippen molar-refractivity contribution < 1.29 is 4.42 Å². The molecule has 1 atom stereocenters. The van der Waals surface area contributed by atoms with Crippen LogP contribution in [0.25, 0.3) is 0 Å². The lowest BCUT2D eigenvalue weighted by Gasteiger charge is -2.32. The van der Waals surface area contributed by atoms with Crippen molar-refractivity contribution in [3.63, 3.8) is 0 Å². The van der Waals surface area contributed by atoms with E-state index < -0.39 is 0 Å². The summed E-state index contributed by atoms with van der Waals surface area (Å²) in [5.74, 6) is 1.79. The summed E-state index contributed by atoms with van der Waals surface area (Å²) in [5, 5.41) is 5.69. The highest BCUT2D eigenvalue weighted by atomic mass is 32.1. The smallest absolute Gasteiger partial charge is 0.117 e. The van der Waals surface area contributed by atoms with Gasteiger partial charge in [-0.05, 0) is 55.4 Å². The summed E-state index contributed by atoms with van der Waals surface area (Å²) in [4.78, 5) is 4.07. The molecule has 1 N–H and O–H groups in total. The molecule has 0 saturated carbocycles. The largest absolute Gasteiger partial charge is 0.468 e. The van der Waals surface area contributed by atoms with Crippen LogP contribution >= 0.6 is 11.3 Å². The maximum absolute atomic E-state index is 5.34. The first-order chi connectivity index (χ1) is 9.90. The Morgan fingerprint density at radius 2 is 2.35 bits per heavy atom. The first-order valence-electron chi connectivity index (χ1n) is 7.38. The van der Waals surface area contributed by atoms with E-state index >= 15 is 0 Å². The van der Waals surface area contributed by atoms with Crippen LogP contribution in [0, 0.1) is 5.92 Å². The van der Waals surface area contributed by atoms with Crippen molar-refractivity contribution in [1.82, 2.24) is 10.2 Å². The van der Waals surface area contributed by atoms with Gasteiger partial charge in [0.15, 0.2) is 0 Å². The molecule has 2 aromatic heterocycles. The second kappa shape index (κ2) is 7.07. The lowest BCUT2D eigenvalue weighted by atomic mass is 9.98. The molecule has 0 radical (unpaired) electrons. The number of hydrogen-bond acceptors (Lipinski definition) is 4. The predicted molar refractivity (Wildman–Crippen MR) is 82.7 cm³/mol. The molecule has 108 valence electrons. The van der Waals surface area contributed by atoms with Gasteiger partial charge in [0.2, 0.25) is 0 Å². The Labute approximate surface area is 124 Å². The second-order valence-electron chi connectivity index (χ2n) is 5.53. The summed E-state index contributed by atoms with van der Waals surface area (Å²) in [6.07, 6.45) is 4.39. The molecule has 1 fully saturated rings. The fraction of sp³-hybridized carbons (Fsp3) is 0.500. The third kappa shape index (κ3) is 3.95. The Balaban J connectivity index is 1.41. The molecule has 2 aromatic rings. The second-order valence-corrected chi connectivity index (χ2v) is 6.57. The van der Waals surface area contributed by atoms with Gasteiger partial charge >= 0.3 is 0 Å². The van der Waals surface area contributed by atoms with E-state index in [9.17, 15) is 0 Å². The standard InChI is InChI=1S/C16H22N2OS/c1-4-14(10-17-11-15-5-2-8-19-15)12-18(7-1)13-16-6-3-9-20-16/h2-3,5-6,8-9,14,17H,1,4,7,10-13H2. The predicted octanol–water partition coefficient (Wildman–Crippen LogP) is 3.34. The van der Waals surface area contributed by atoms with Crippen molar-refractivity contribution in [2.45, 2.75) is 25.9 Å². The topological polar surface area (TPSA) is 28.4 Å². The first kappa shape index (κ1) is 13.9. The van der Waals surface area contributed by atoms with Crippen molar-refractivity contribution in [3.05, 3.63) is 46.5 Å². The molecule has 0 bridgehead atoms. The van der Waals surface area contributed by atoms with E-state index in [1.807, 2.05) is 23.5 Å². The van der Waals surface area contributed by atoms with Crippen molar-refractivity contribution in [3.8, 4) is 0 Å². The maximum Gasteiger partial charge on any atom is 0.117 e. The summed E-state index contributed by atoms with van der Waals surface area (Å²) in [5.41, 5.74) is 0. The van der Waals surface area contributed by atoms with Gasteiger partial charge in [-0.1, -0.05) is 6.07 Å². The lowest BCUT2D eigenvalue weighted by Crippen LogP contribution is -2.38. The summed E-state index contributed by atoms with van der Waals surface area (Å²) in [6.45, 7) is 5.50. The number of thiophene rings is 1. The number of likely N-dealkylation sites (tertiary alicyclic amines) is 1. The molecule has 4 heteroatoms. The third-order valence-electron chi connectivity index (χ3n) is 3.88. The normalized spacial score (nSPS) is 20.3. The Morgan fingerprint density at radius 3 is 3.15 bits per heavy atom.